The van der Waals surface area contributed by atoms with Crippen LogP contribution in [0.25, 0.3) is 0 Å². The van der Waals surface area contributed by atoms with Crippen LogP contribution in [0.2, 0.25) is 10.0 Å². The number of carbonyl (C=O) groups is 2. The summed E-state index contributed by atoms with van der Waals surface area (Å²) in [6, 6.07) is 13.6. The molecule has 1 N–H and O–H groups in total. The second-order valence-electron chi connectivity index (χ2n) is 4.90. The third-order valence-electron chi connectivity index (χ3n) is 3.08. The minimum Gasteiger partial charge on any atom is -0.452 e. The van der Waals surface area contributed by atoms with Gasteiger partial charge in [0.25, 0.3) is 5.91 Å². The van der Waals surface area contributed by atoms with Crippen LogP contribution in [-0.2, 0) is 20.7 Å². The predicted molar refractivity (Wildman–Crippen MR) is 90.8 cm³/mol. The molecule has 0 aliphatic heterocycles. The van der Waals surface area contributed by atoms with Crippen LogP contribution in [0.3, 0.4) is 0 Å². The van der Waals surface area contributed by atoms with Gasteiger partial charge in [0, 0.05) is 15.7 Å². The average molecular weight is 352 g/mol. The van der Waals surface area contributed by atoms with Gasteiger partial charge in [-0.3, -0.25) is 9.59 Å². The minimum atomic E-state index is -0.916. The standard InChI is InChI=1S/C17H15Cl2NO3/c1-11(17(22)20-14-8-6-13(18)7-9-14)23-16(21)10-12-4-2-3-5-15(12)19/h2-9,11H,10H2,1H3,(H,20,22)/t11-/m0/s1. The van der Waals surface area contributed by atoms with Gasteiger partial charge in [-0.05, 0) is 42.8 Å². The van der Waals surface area contributed by atoms with Crippen molar-refractivity contribution in [3.8, 4) is 0 Å². The van der Waals surface area contributed by atoms with Gasteiger partial charge in [-0.15, -0.1) is 0 Å². The zero-order valence-electron chi connectivity index (χ0n) is 12.4. The smallest absolute Gasteiger partial charge is 0.311 e. The monoisotopic (exact) mass is 351 g/mol. The van der Waals surface area contributed by atoms with Gasteiger partial charge in [-0.1, -0.05) is 41.4 Å². The average Bonchev–Trinajstić information content (AvgIpc) is 2.51. The zero-order chi connectivity index (χ0) is 16.8. The Bertz CT molecular complexity index is 701. The molecule has 1 atom stereocenters. The Morgan fingerprint density at radius 1 is 1.09 bits per heavy atom. The third kappa shape index (κ3) is 5.27. The summed E-state index contributed by atoms with van der Waals surface area (Å²) in [6.45, 7) is 1.51. The summed E-state index contributed by atoms with van der Waals surface area (Å²) in [5, 5.41) is 3.71. The molecular formula is C17H15Cl2NO3. The van der Waals surface area contributed by atoms with Crippen molar-refractivity contribution in [1.29, 1.82) is 0 Å². The van der Waals surface area contributed by atoms with Gasteiger partial charge in [0.1, 0.15) is 0 Å². The quantitative estimate of drug-likeness (QED) is 0.824. The molecular weight excluding hydrogens is 337 g/mol. The first-order valence-electron chi connectivity index (χ1n) is 6.95. The molecule has 120 valence electrons. The van der Waals surface area contributed by atoms with E-state index in [0.29, 0.717) is 21.3 Å². The minimum absolute atomic E-state index is 0.0121. The summed E-state index contributed by atoms with van der Waals surface area (Å²) in [7, 11) is 0. The lowest BCUT2D eigenvalue weighted by atomic mass is 10.1. The summed E-state index contributed by atoms with van der Waals surface area (Å²) < 4.78 is 5.13. The second-order valence-corrected chi connectivity index (χ2v) is 5.74. The number of hydrogen-bond donors (Lipinski definition) is 1. The maximum Gasteiger partial charge on any atom is 0.311 e. The molecule has 2 aromatic carbocycles. The van der Waals surface area contributed by atoms with Crippen molar-refractivity contribution in [2.75, 3.05) is 5.32 Å². The SMILES string of the molecule is C[C@H](OC(=O)Cc1ccccc1Cl)C(=O)Nc1ccc(Cl)cc1. The number of hydrogen-bond acceptors (Lipinski definition) is 3. The molecule has 2 aromatic rings. The van der Waals surface area contributed by atoms with E-state index in [4.69, 9.17) is 27.9 Å². The lowest BCUT2D eigenvalue weighted by Crippen LogP contribution is -2.30. The zero-order valence-corrected chi connectivity index (χ0v) is 13.9. The number of anilines is 1. The van der Waals surface area contributed by atoms with E-state index in [9.17, 15) is 9.59 Å². The topological polar surface area (TPSA) is 55.4 Å². The first kappa shape index (κ1) is 17.3. The van der Waals surface area contributed by atoms with Crippen LogP contribution in [0.15, 0.2) is 48.5 Å². The number of ether oxygens (including phenoxy) is 1. The lowest BCUT2D eigenvalue weighted by Gasteiger charge is -2.14. The van der Waals surface area contributed by atoms with Crippen LogP contribution >= 0.6 is 23.2 Å². The van der Waals surface area contributed by atoms with E-state index in [2.05, 4.69) is 5.32 Å². The fraction of sp³-hybridized carbons (Fsp3) is 0.176. The fourth-order valence-corrected chi connectivity index (χ4v) is 2.20. The van der Waals surface area contributed by atoms with E-state index in [1.54, 1.807) is 48.5 Å². The van der Waals surface area contributed by atoms with E-state index in [1.165, 1.54) is 6.92 Å². The normalized spacial score (nSPS) is 11.6. The summed E-state index contributed by atoms with van der Waals surface area (Å²) in [5.41, 5.74) is 1.23. The van der Waals surface area contributed by atoms with Gasteiger partial charge in [-0.2, -0.15) is 0 Å². The van der Waals surface area contributed by atoms with Crippen LogP contribution in [0, 0.1) is 0 Å². The molecule has 0 saturated carbocycles. The summed E-state index contributed by atoms with van der Waals surface area (Å²) in [4.78, 5) is 23.9. The molecule has 0 aliphatic carbocycles. The van der Waals surface area contributed by atoms with Crippen molar-refractivity contribution in [3.05, 3.63) is 64.1 Å². The molecule has 1 amide bonds. The van der Waals surface area contributed by atoms with Crippen LogP contribution in [0.4, 0.5) is 5.69 Å². The van der Waals surface area contributed by atoms with Crippen molar-refractivity contribution < 1.29 is 14.3 Å². The lowest BCUT2D eigenvalue weighted by molar-refractivity contribution is -0.152. The molecule has 2 rings (SSSR count). The van der Waals surface area contributed by atoms with Crippen molar-refractivity contribution >= 4 is 40.8 Å². The van der Waals surface area contributed by atoms with Gasteiger partial charge >= 0.3 is 5.97 Å². The molecule has 0 aliphatic rings. The van der Waals surface area contributed by atoms with Crippen molar-refractivity contribution in [1.82, 2.24) is 0 Å². The van der Waals surface area contributed by atoms with Crippen LogP contribution in [0.1, 0.15) is 12.5 Å². The second kappa shape index (κ2) is 7.99. The molecule has 0 spiro atoms. The van der Waals surface area contributed by atoms with Crippen molar-refractivity contribution in [2.45, 2.75) is 19.4 Å². The van der Waals surface area contributed by atoms with Gasteiger partial charge in [0.05, 0.1) is 6.42 Å². The molecule has 0 fully saturated rings. The first-order chi connectivity index (χ1) is 11.0. The van der Waals surface area contributed by atoms with E-state index < -0.39 is 18.0 Å². The summed E-state index contributed by atoms with van der Waals surface area (Å²) in [6.07, 6.45) is -0.904. The van der Waals surface area contributed by atoms with E-state index in [-0.39, 0.29) is 6.42 Å². The number of esters is 1. The Balaban J connectivity index is 1.89. The Morgan fingerprint density at radius 2 is 1.74 bits per heavy atom. The summed E-state index contributed by atoms with van der Waals surface area (Å²) in [5.74, 6) is -0.934. The highest BCUT2D eigenvalue weighted by Crippen LogP contribution is 2.17. The fourth-order valence-electron chi connectivity index (χ4n) is 1.87. The van der Waals surface area contributed by atoms with Crippen LogP contribution < -0.4 is 5.32 Å². The molecule has 4 nitrogen and oxygen atoms in total. The van der Waals surface area contributed by atoms with Gasteiger partial charge in [0.15, 0.2) is 6.10 Å². The number of rotatable bonds is 5. The highest BCUT2D eigenvalue weighted by molar-refractivity contribution is 6.31. The van der Waals surface area contributed by atoms with E-state index in [1.807, 2.05) is 0 Å². The Kier molecular flexibility index (Phi) is 6.02. The highest BCUT2D eigenvalue weighted by atomic mass is 35.5. The predicted octanol–water partition coefficient (Wildman–Crippen LogP) is 4.11. The Morgan fingerprint density at radius 3 is 2.39 bits per heavy atom. The molecule has 0 heterocycles. The maximum absolute atomic E-state index is 12.0. The van der Waals surface area contributed by atoms with E-state index in [0.717, 1.165) is 0 Å². The van der Waals surface area contributed by atoms with Crippen molar-refractivity contribution in [2.24, 2.45) is 0 Å². The Hall–Kier alpha value is -2.04. The highest BCUT2D eigenvalue weighted by Gasteiger charge is 2.18. The number of benzene rings is 2. The number of amides is 1. The Labute approximate surface area is 144 Å². The number of nitrogens with one attached hydrogen (secondary N) is 1. The number of halogens is 2. The summed E-state index contributed by atoms with van der Waals surface area (Å²) >= 11 is 11.8. The molecule has 0 bridgehead atoms. The van der Waals surface area contributed by atoms with Gasteiger partial charge < -0.3 is 10.1 Å². The maximum atomic E-state index is 12.0. The first-order valence-corrected chi connectivity index (χ1v) is 7.70. The molecule has 0 saturated heterocycles. The largest absolute Gasteiger partial charge is 0.452 e. The molecule has 0 aromatic heterocycles. The third-order valence-corrected chi connectivity index (χ3v) is 3.70. The molecule has 6 heteroatoms. The van der Waals surface area contributed by atoms with Gasteiger partial charge in [0.2, 0.25) is 0 Å². The van der Waals surface area contributed by atoms with Crippen LogP contribution in [-0.4, -0.2) is 18.0 Å². The van der Waals surface area contributed by atoms with Crippen LogP contribution in [0.5, 0.6) is 0 Å². The molecule has 0 radical (unpaired) electrons. The molecule has 23 heavy (non-hydrogen) atoms. The molecule has 0 unspecified atom stereocenters. The van der Waals surface area contributed by atoms with Crippen molar-refractivity contribution in [3.63, 3.8) is 0 Å². The van der Waals surface area contributed by atoms with E-state index >= 15 is 0 Å². The van der Waals surface area contributed by atoms with Gasteiger partial charge in [-0.25, -0.2) is 0 Å². The number of carbonyl (C=O) groups excluding carboxylic acids is 2.